The highest BCUT2D eigenvalue weighted by molar-refractivity contribution is 7.99. The summed E-state index contributed by atoms with van der Waals surface area (Å²) >= 11 is 7.65. The van der Waals surface area contributed by atoms with Gasteiger partial charge in [-0.05, 0) is 30.3 Å². The lowest BCUT2D eigenvalue weighted by Gasteiger charge is -2.04. The predicted molar refractivity (Wildman–Crippen MR) is 81.8 cm³/mol. The van der Waals surface area contributed by atoms with E-state index in [2.05, 4.69) is 10.3 Å². The molecule has 20 heavy (non-hydrogen) atoms. The van der Waals surface area contributed by atoms with E-state index in [0.29, 0.717) is 10.7 Å². The zero-order chi connectivity index (χ0) is 13.7. The summed E-state index contributed by atoms with van der Waals surface area (Å²) in [6.07, 6.45) is 0. The molecule has 1 aromatic heterocycles. The largest absolute Gasteiger partial charge is 0.350 e. The molecule has 0 radical (unpaired) electrons. The number of aromatic amines is 1. The van der Waals surface area contributed by atoms with Crippen molar-refractivity contribution in [3.8, 4) is 0 Å². The Bertz CT molecular complexity index is 856. The van der Waals surface area contributed by atoms with Crippen molar-refractivity contribution in [2.75, 3.05) is 5.32 Å². The average molecular weight is 301 g/mol. The zero-order valence-electron chi connectivity index (χ0n) is 10.2. The summed E-state index contributed by atoms with van der Waals surface area (Å²) in [5.41, 5.74) is 2.34. The molecular formula is C15H9ClN2OS. The number of halogens is 1. The first-order valence-electron chi connectivity index (χ1n) is 6.12. The normalized spacial score (nSPS) is 13.6. The number of carbonyl (C=O) groups excluding carboxylic acids is 1. The molecule has 1 aliphatic heterocycles. The van der Waals surface area contributed by atoms with Crippen molar-refractivity contribution < 1.29 is 4.79 Å². The summed E-state index contributed by atoms with van der Waals surface area (Å²) < 4.78 is 0. The first-order valence-corrected chi connectivity index (χ1v) is 7.31. The molecule has 0 saturated heterocycles. The molecule has 3 aromatic rings. The van der Waals surface area contributed by atoms with E-state index in [4.69, 9.17) is 11.6 Å². The van der Waals surface area contributed by atoms with Crippen LogP contribution in [0.25, 0.3) is 10.9 Å². The number of anilines is 1. The van der Waals surface area contributed by atoms with Crippen LogP contribution in [0.4, 0.5) is 5.69 Å². The van der Waals surface area contributed by atoms with Crippen LogP contribution in [0.5, 0.6) is 0 Å². The van der Waals surface area contributed by atoms with Crippen LogP contribution in [0.3, 0.4) is 0 Å². The quantitative estimate of drug-likeness (QED) is 0.640. The number of benzene rings is 2. The van der Waals surface area contributed by atoms with Crippen LogP contribution in [0.2, 0.25) is 5.02 Å². The summed E-state index contributed by atoms with van der Waals surface area (Å²) in [6, 6.07) is 13.4. The maximum atomic E-state index is 12.3. The second-order valence-electron chi connectivity index (χ2n) is 4.57. The van der Waals surface area contributed by atoms with Gasteiger partial charge in [0.25, 0.3) is 5.91 Å². The molecule has 0 spiro atoms. The highest BCUT2D eigenvalue weighted by Gasteiger charge is 2.23. The van der Waals surface area contributed by atoms with Gasteiger partial charge in [-0.15, -0.1) is 0 Å². The van der Waals surface area contributed by atoms with E-state index in [0.717, 1.165) is 26.4 Å². The molecule has 5 heteroatoms. The van der Waals surface area contributed by atoms with Crippen LogP contribution >= 0.6 is 23.4 Å². The highest BCUT2D eigenvalue weighted by atomic mass is 35.5. The average Bonchev–Trinajstić information content (AvgIpc) is 2.72. The van der Waals surface area contributed by atoms with Crippen molar-refractivity contribution in [3.05, 3.63) is 53.2 Å². The van der Waals surface area contributed by atoms with E-state index in [1.807, 2.05) is 42.5 Å². The lowest BCUT2D eigenvalue weighted by Crippen LogP contribution is -2.11. The minimum Gasteiger partial charge on any atom is -0.350 e. The summed E-state index contributed by atoms with van der Waals surface area (Å²) in [4.78, 5) is 17.5. The Balaban J connectivity index is 2.01. The van der Waals surface area contributed by atoms with Gasteiger partial charge in [0.05, 0.1) is 10.6 Å². The monoisotopic (exact) mass is 300 g/mol. The third-order valence-corrected chi connectivity index (χ3v) is 4.73. The third-order valence-electron chi connectivity index (χ3n) is 3.29. The van der Waals surface area contributed by atoms with Gasteiger partial charge in [-0.25, -0.2) is 0 Å². The first kappa shape index (κ1) is 11.9. The molecular weight excluding hydrogens is 292 g/mol. The SMILES string of the molecule is O=C1Nc2ccccc2Sc2c1[nH]c1ccc(Cl)cc21. The van der Waals surface area contributed by atoms with Crippen molar-refractivity contribution in [2.24, 2.45) is 0 Å². The molecule has 1 aliphatic rings. The molecule has 0 fully saturated rings. The van der Waals surface area contributed by atoms with Gasteiger partial charge >= 0.3 is 0 Å². The van der Waals surface area contributed by atoms with E-state index < -0.39 is 0 Å². The topological polar surface area (TPSA) is 44.9 Å². The molecule has 0 saturated carbocycles. The van der Waals surface area contributed by atoms with Gasteiger partial charge in [-0.3, -0.25) is 4.79 Å². The number of nitrogens with one attached hydrogen (secondary N) is 2. The van der Waals surface area contributed by atoms with Gasteiger partial charge in [0.1, 0.15) is 5.69 Å². The molecule has 0 unspecified atom stereocenters. The minimum absolute atomic E-state index is 0.121. The Morgan fingerprint density at radius 1 is 1.10 bits per heavy atom. The Morgan fingerprint density at radius 2 is 1.95 bits per heavy atom. The lowest BCUT2D eigenvalue weighted by molar-refractivity contribution is 0.102. The molecule has 0 atom stereocenters. The fourth-order valence-corrected chi connectivity index (χ4v) is 3.65. The Hall–Kier alpha value is -1.91. The number of para-hydroxylation sites is 1. The van der Waals surface area contributed by atoms with Crippen LogP contribution in [-0.4, -0.2) is 10.9 Å². The number of aromatic nitrogens is 1. The van der Waals surface area contributed by atoms with Crippen molar-refractivity contribution in [1.82, 2.24) is 4.98 Å². The molecule has 2 heterocycles. The molecule has 2 aromatic carbocycles. The van der Waals surface area contributed by atoms with E-state index in [1.54, 1.807) is 11.8 Å². The number of fused-ring (bicyclic) bond motifs is 4. The molecule has 0 aliphatic carbocycles. The molecule has 0 bridgehead atoms. The predicted octanol–water partition coefficient (Wildman–Crippen LogP) is 4.54. The second-order valence-corrected chi connectivity index (χ2v) is 6.06. The van der Waals surface area contributed by atoms with Crippen molar-refractivity contribution in [1.29, 1.82) is 0 Å². The minimum atomic E-state index is -0.121. The Labute approximate surface area is 124 Å². The summed E-state index contributed by atoms with van der Waals surface area (Å²) in [5.74, 6) is -0.121. The van der Waals surface area contributed by atoms with Gasteiger partial charge in [0, 0.05) is 20.8 Å². The van der Waals surface area contributed by atoms with Gasteiger partial charge in [0.2, 0.25) is 0 Å². The summed E-state index contributed by atoms with van der Waals surface area (Å²) in [7, 11) is 0. The molecule has 98 valence electrons. The lowest BCUT2D eigenvalue weighted by atomic mass is 10.2. The van der Waals surface area contributed by atoms with Gasteiger partial charge in [-0.1, -0.05) is 35.5 Å². The van der Waals surface area contributed by atoms with Crippen molar-refractivity contribution >= 4 is 45.9 Å². The van der Waals surface area contributed by atoms with Crippen molar-refractivity contribution in [2.45, 2.75) is 9.79 Å². The summed E-state index contributed by atoms with van der Waals surface area (Å²) in [6.45, 7) is 0. The summed E-state index contributed by atoms with van der Waals surface area (Å²) in [5, 5.41) is 4.57. The second kappa shape index (κ2) is 4.30. The van der Waals surface area contributed by atoms with Gasteiger partial charge < -0.3 is 10.3 Å². The maximum Gasteiger partial charge on any atom is 0.273 e. The number of hydrogen-bond donors (Lipinski definition) is 2. The standard InChI is InChI=1S/C15H9ClN2OS/c16-8-5-6-10-9(7-8)14-13(17-10)15(19)18-11-3-1-2-4-12(11)20-14/h1-7,17H,(H,18,19). The van der Waals surface area contributed by atoms with Crippen molar-refractivity contribution in [3.63, 3.8) is 0 Å². The number of H-pyrrole nitrogens is 1. The number of rotatable bonds is 0. The van der Waals surface area contributed by atoms with E-state index >= 15 is 0 Å². The zero-order valence-corrected chi connectivity index (χ0v) is 11.8. The molecule has 4 rings (SSSR count). The smallest absolute Gasteiger partial charge is 0.273 e. The maximum absolute atomic E-state index is 12.3. The van der Waals surface area contributed by atoms with Crippen LogP contribution < -0.4 is 5.32 Å². The molecule has 2 N–H and O–H groups in total. The van der Waals surface area contributed by atoms with E-state index in [9.17, 15) is 4.79 Å². The molecule has 1 amide bonds. The Kier molecular flexibility index (Phi) is 2.55. The Morgan fingerprint density at radius 3 is 2.85 bits per heavy atom. The van der Waals surface area contributed by atoms with E-state index in [-0.39, 0.29) is 5.91 Å². The number of carbonyl (C=O) groups is 1. The fraction of sp³-hybridized carbons (Fsp3) is 0. The van der Waals surface area contributed by atoms with Crippen LogP contribution in [0.15, 0.2) is 52.3 Å². The number of amides is 1. The van der Waals surface area contributed by atoms with Crippen LogP contribution in [-0.2, 0) is 0 Å². The third kappa shape index (κ3) is 1.72. The van der Waals surface area contributed by atoms with Gasteiger partial charge in [-0.2, -0.15) is 0 Å². The van der Waals surface area contributed by atoms with E-state index in [1.165, 1.54) is 0 Å². The van der Waals surface area contributed by atoms with Crippen LogP contribution in [0.1, 0.15) is 10.5 Å². The van der Waals surface area contributed by atoms with Gasteiger partial charge in [0.15, 0.2) is 0 Å². The first-order chi connectivity index (χ1) is 9.72. The fourth-order valence-electron chi connectivity index (χ4n) is 2.36. The van der Waals surface area contributed by atoms with Crippen LogP contribution in [0, 0.1) is 0 Å². The number of hydrogen-bond acceptors (Lipinski definition) is 2. The highest BCUT2D eigenvalue weighted by Crippen LogP contribution is 2.42. The molecule has 3 nitrogen and oxygen atoms in total.